The summed E-state index contributed by atoms with van der Waals surface area (Å²) in [6.07, 6.45) is -45.9. The Bertz CT molecular complexity index is 2700. The monoisotopic (exact) mass is 1380 g/mol. The number of ether oxygens (including phenoxy) is 13. The quantitative estimate of drug-likeness (QED) is 0.0644. The zero-order chi connectivity index (χ0) is 69.6. The Morgan fingerprint density at radius 1 is 0.417 bits per heavy atom. The zero-order valence-electron chi connectivity index (χ0n) is 55.4. The van der Waals surface area contributed by atoms with Crippen LogP contribution in [0.2, 0.25) is 0 Å². The number of hydrogen-bond donors (Lipinski definition) is 18. The highest BCUT2D eigenvalue weighted by Gasteiger charge is 2.82. The lowest BCUT2D eigenvalue weighted by atomic mass is 9.30. The van der Waals surface area contributed by atoms with Crippen LogP contribution in [0.4, 0.5) is 0 Å². The van der Waals surface area contributed by atoms with Crippen molar-refractivity contribution in [2.24, 2.45) is 50.2 Å². The predicted molar refractivity (Wildman–Crippen MR) is 320 cm³/mol. The van der Waals surface area contributed by atoms with Gasteiger partial charge in [-0.25, -0.2) is 0 Å². The van der Waals surface area contributed by atoms with Gasteiger partial charge < -0.3 is 153 Å². The number of aliphatic hydroxyl groups is 18. The molecule has 5 aliphatic carbocycles. The molecule has 1 spiro atoms. The summed E-state index contributed by atoms with van der Waals surface area (Å²) in [5.74, 6) is 1.12. The van der Waals surface area contributed by atoms with Crippen molar-refractivity contribution in [2.75, 3.05) is 39.6 Å². The molecular formula is C65H106O31. The first-order chi connectivity index (χ1) is 45.1. The second kappa shape index (κ2) is 27.1. The van der Waals surface area contributed by atoms with E-state index >= 15 is 0 Å². The first kappa shape index (κ1) is 74.1. The molecule has 31 heteroatoms. The van der Waals surface area contributed by atoms with Crippen molar-refractivity contribution >= 4 is 0 Å². The molecular weight excluding hydrogens is 1280 g/mol. The molecule has 38 atom stereocenters. The fraction of sp³-hybridized carbons (Fsp3) is 0.969. The molecule has 96 heavy (non-hydrogen) atoms. The van der Waals surface area contributed by atoms with E-state index in [4.69, 9.17) is 61.6 Å². The lowest BCUT2D eigenvalue weighted by Gasteiger charge is -2.74. The topological polar surface area (TPSA) is 484 Å². The Hall–Kier alpha value is -1.66. The van der Waals surface area contributed by atoms with Gasteiger partial charge in [0.2, 0.25) is 0 Å². The van der Waals surface area contributed by atoms with Crippen LogP contribution in [-0.2, 0) is 61.6 Å². The van der Waals surface area contributed by atoms with E-state index in [1.54, 1.807) is 0 Å². The average Bonchev–Trinajstić information content (AvgIpc) is 1.37. The normalized spacial score (nSPS) is 56.2. The van der Waals surface area contributed by atoms with Crippen LogP contribution in [0.3, 0.4) is 0 Å². The molecule has 12 fully saturated rings. The van der Waals surface area contributed by atoms with Gasteiger partial charge >= 0.3 is 0 Å². The molecule has 7 saturated heterocycles. The zero-order valence-corrected chi connectivity index (χ0v) is 55.4. The predicted octanol–water partition coefficient (Wildman–Crippen LogP) is -4.91. The van der Waals surface area contributed by atoms with Gasteiger partial charge in [-0.2, -0.15) is 0 Å². The van der Waals surface area contributed by atoms with Gasteiger partial charge in [0, 0.05) is 11.3 Å². The minimum atomic E-state index is -2.21. The van der Waals surface area contributed by atoms with Gasteiger partial charge in [-0.05, 0) is 97.7 Å². The lowest BCUT2D eigenvalue weighted by molar-refractivity contribution is -0.408. The van der Waals surface area contributed by atoms with E-state index < -0.39 is 246 Å². The molecule has 552 valence electrons. The van der Waals surface area contributed by atoms with Gasteiger partial charge in [0.1, 0.15) is 140 Å². The van der Waals surface area contributed by atoms with Crippen LogP contribution in [0, 0.1) is 50.2 Å². The molecule has 0 aromatic carbocycles. The molecule has 12 rings (SSSR count). The molecule has 18 N–H and O–H groups in total. The largest absolute Gasteiger partial charge is 0.491 e. The summed E-state index contributed by atoms with van der Waals surface area (Å²) in [5.41, 5.74) is -2.44. The van der Waals surface area contributed by atoms with Crippen LogP contribution in [-0.4, -0.2) is 321 Å². The van der Waals surface area contributed by atoms with Crippen molar-refractivity contribution in [3.8, 4) is 0 Å². The maximum absolute atomic E-state index is 12.8. The van der Waals surface area contributed by atoms with Gasteiger partial charge in [0.15, 0.2) is 37.7 Å². The van der Waals surface area contributed by atoms with Crippen LogP contribution in [0.1, 0.15) is 113 Å². The molecule has 2 bridgehead atoms. The minimum absolute atomic E-state index is 0.0524. The fourth-order valence-corrected chi connectivity index (χ4v) is 20.5. The van der Waals surface area contributed by atoms with Gasteiger partial charge in [-0.1, -0.05) is 55.0 Å². The third-order valence-corrected chi connectivity index (χ3v) is 26.1. The highest BCUT2D eigenvalue weighted by molar-refractivity contribution is 5.34. The smallest absolute Gasteiger partial charge is 0.187 e. The first-order valence-electron chi connectivity index (χ1n) is 34.3. The summed E-state index contributed by atoms with van der Waals surface area (Å²) in [5, 5.41) is 200. The van der Waals surface area contributed by atoms with E-state index in [1.165, 1.54) is 0 Å². The second-order valence-electron chi connectivity index (χ2n) is 31.9. The minimum Gasteiger partial charge on any atom is -0.491 e. The van der Waals surface area contributed by atoms with Crippen molar-refractivity contribution in [1.82, 2.24) is 0 Å². The number of fused-ring (bicyclic) bond motifs is 4. The molecule has 5 saturated carbocycles. The van der Waals surface area contributed by atoms with E-state index in [0.29, 0.717) is 19.3 Å². The van der Waals surface area contributed by atoms with E-state index in [0.717, 1.165) is 50.7 Å². The molecule has 31 nitrogen and oxygen atoms in total. The Morgan fingerprint density at radius 3 is 1.53 bits per heavy atom. The Morgan fingerprint density at radius 2 is 0.927 bits per heavy atom. The second-order valence-corrected chi connectivity index (χ2v) is 31.9. The Balaban J connectivity index is 0.821. The molecule has 0 aromatic heterocycles. The van der Waals surface area contributed by atoms with Crippen molar-refractivity contribution in [2.45, 2.75) is 303 Å². The van der Waals surface area contributed by atoms with Crippen LogP contribution in [0.25, 0.3) is 0 Å². The van der Waals surface area contributed by atoms with Crippen LogP contribution >= 0.6 is 0 Å². The van der Waals surface area contributed by atoms with Gasteiger partial charge in [-0.15, -0.1) is 0 Å². The SMILES string of the molecule is C=C1OC23CCC4C5(C)CCC(OC6OCC(OC7OC(CO)C(O)C(OC8OC(CO)C(O)C(OC9OC(CO)C(O)C(O)C9O)C8O)C7OC7OCC(O)C(O)C7O)C(O)C6OC6OC(CO)C(O)C(O)C6O)C(C)(C)C5CCC4(C)C2(C)CC(O)C12CCC(C)(C)CC23. The highest BCUT2D eigenvalue weighted by atomic mass is 16.8. The Labute approximate surface area is 556 Å². The molecule has 0 radical (unpaired) electrons. The summed E-state index contributed by atoms with van der Waals surface area (Å²) in [4.78, 5) is 0. The van der Waals surface area contributed by atoms with E-state index in [1.807, 2.05) is 0 Å². The average molecular weight is 1380 g/mol. The molecule has 0 amide bonds. The van der Waals surface area contributed by atoms with Crippen LogP contribution < -0.4 is 0 Å². The standard InChI is InChI=1S/C65H106O31/c1-25-64-16-15-59(2,3)17-34(64)65(96-25)14-10-33-61(6)12-11-36(60(4,5)32(61)9-13-62(33,7)63(65,8)18-35(64)71)91-57-51(94-55-47(82)44(79)39(74)28(20-67)87-55)42(77)31(24-85-57)90-58-52(95-53-45(80)37(72)26(70)23-84-53)50(41(76)30(22-69)89-58)93-56-48(83)49(40(75)29(21-68)88-56)92-54-46(81)43(78)38(73)27(19-66)86-54/h26-58,66-83H,1,9-24H2,2-8H3. The lowest BCUT2D eigenvalue weighted by Crippen LogP contribution is -2.74. The summed E-state index contributed by atoms with van der Waals surface area (Å²) >= 11 is 0. The molecule has 12 aliphatic rings. The number of hydrogen-bond acceptors (Lipinski definition) is 31. The highest BCUT2D eigenvalue weighted by Crippen LogP contribution is 2.82. The summed E-state index contributed by atoms with van der Waals surface area (Å²) in [6.45, 7) is 15.7. The molecule has 7 heterocycles. The maximum atomic E-state index is 12.8. The van der Waals surface area contributed by atoms with Crippen molar-refractivity contribution in [3.05, 3.63) is 12.3 Å². The maximum Gasteiger partial charge on any atom is 0.187 e. The fourth-order valence-electron chi connectivity index (χ4n) is 20.5. The third kappa shape index (κ3) is 11.7. The molecule has 7 aliphatic heterocycles. The third-order valence-electron chi connectivity index (χ3n) is 26.1. The van der Waals surface area contributed by atoms with E-state index in [-0.39, 0.29) is 34.0 Å². The Kier molecular flexibility index (Phi) is 20.9. The van der Waals surface area contributed by atoms with Gasteiger partial charge in [0.25, 0.3) is 0 Å². The first-order valence-corrected chi connectivity index (χ1v) is 34.3. The van der Waals surface area contributed by atoms with Crippen LogP contribution in [0.15, 0.2) is 12.3 Å². The van der Waals surface area contributed by atoms with Crippen LogP contribution in [0.5, 0.6) is 0 Å². The van der Waals surface area contributed by atoms with Crippen molar-refractivity contribution < 1.29 is 153 Å². The molecule has 38 unspecified atom stereocenters. The van der Waals surface area contributed by atoms with Crippen molar-refractivity contribution in [1.29, 1.82) is 0 Å². The summed E-state index contributed by atoms with van der Waals surface area (Å²) in [6, 6.07) is 0. The van der Waals surface area contributed by atoms with E-state index in [2.05, 4.69) is 55.0 Å². The van der Waals surface area contributed by atoms with Gasteiger partial charge in [0.05, 0.1) is 63.0 Å². The number of rotatable bonds is 16. The summed E-state index contributed by atoms with van der Waals surface area (Å²) < 4.78 is 80.9. The molecule has 0 aromatic rings. The van der Waals surface area contributed by atoms with Crippen molar-refractivity contribution in [3.63, 3.8) is 0 Å². The number of aliphatic hydroxyl groups excluding tert-OH is 18. The van der Waals surface area contributed by atoms with E-state index in [9.17, 15) is 91.9 Å². The van der Waals surface area contributed by atoms with Gasteiger partial charge in [-0.3, -0.25) is 0 Å². The summed E-state index contributed by atoms with van der Waals surface area (Å²) in [7, 11) is 0.